The van der Waals surface area contributed by atoms with Crippen molar-refractivity contribution in [3.8, 4) is 0 Å². The topological polar surface area (TPSA) is 149 Å². The van der Waals surface area contributed by atoms with Crippen molar-refractivity contribution in [2.45, 2.75) is 436 Å². The van der Waals surface area contributed by atoms with Crippen molar-refractivity contribution in [2.75, 3.05) is 13.2 Å². The first-order valence-corrected chi connectivity index (χ1v) is 38.2. The molecule has 86 heavy (non-hydrogen) atoms. The number of aliphatic hydroxyl groups is 5. The summed E-state index contributed by atoms with van der Waals surface area (Å²) in [5.41, 5.74) is 0. The Morgan fingerprint density at radius 2 is 0.663 bits per heavy atom. The molecule has 0 radical (unpaired) electrons. The molecule has 7 unspecified atom stereocenters. The monoisotopic (exact) mass is 1210 g/mol. The lowest BCUT2D eigenvalue weighted by Crippen LogP contribution is -2.60. The second-order valence-corrected chi connectivity index (χ2v) is 26.8. The van der Waals surface area contributed by atoms with Gasteiger partial charge >= 0.3 is 0 Å². The van der Waals surface area contributed by atoms with Crippen LogP contribution >= 0.6 is 0 Å². The number of nitrogens with one attached hydrogen (secondary N) is 1. The van der Waals surface area contributed by atoms with Gasteiger partial charge in [0.15, 0.2) is 6.29 Å². The van der Waals surface area contributed by atoms with Crippen LogP contribution in [0.1, 0.15) is 393 Å². The fourth-order valence-electron chi connectivity index (χ4n) is 12.5. The lowest BCUT2D eigenvalue weighted by atomic mass is 9.99. The summed E-state index contributed by atoms with van der Waals surface area (Å²) in [6, 6.07) is -0.828. The molecule has 9 heteroatoms. The SMILES string of the molecule is CCCCCCCCCCCCCCCCCCCCCCCC/C=C/CC/C=C/CC/C=C/C(O)C(COC1OC(CO)C(O)C(O)C1O)NC(=O)CCCCCCCCCCCCCCCCCCCCCCCCCCCCCCCCC. The Kier molecular flexibility index (Phi) is 63.6. The molecule has 0 aromatic heterocycles. The highest BCUT2D eigenvalue weighted by molar-refractivity contribution is 5.76. The summed E-state index contributed by atoms with van der Waals surface area (Å²) in [5, 5.41) is 54.8. The third-order valence-corrected chi connectivity index (χ3v) is 18.4. The molecule has 1 heterocycles. The van der Waals surface area contributed by atoms with Gasteiger partial charge in [-0.2, -0.15) is 0 Å². The predicted octanol–water partition coefficient (Wildman–Crippen LogP) is 21.4. The quantitative estimate of drug-likeness (QED) is 0.0261. The maximum absolute atomic E-state index is 13.1. The van der Waals surface area contributed by atoms with E-state index in [1.165, 1.54) is 327 Å². The summed E-state index contributed by atoms with van der Waals surface area (Å²) >= 11 is 0. The van der Waals surface area contributed by atoms with E-state index in [1.54, 1.807) is 6.08 Å². The molecule has 1 rings (SSSR count). The number of amides is 1. The fourth-order valence-corrected chi connectivity index (χ4v) is 12.5. The lowest BCUT2D eigenvalue weighted by Gasteiger charge is -2.40. The van der Waals surface area contributed by atoms with Crippen molar-refractivity contribution >= 4 is 5.91 Å². The largest absolute Gasteiger partial charge is 0.394 e. The second-order valence-electron chi connectivity index (χ2n) is 26.8. The summed E-state index contributed by atoms with van der Waals surface area (Å²) in [5.74, 6) is -0.182. The van der Waals surface area contributed by atoms with Crippen LogP contribution in [0.2, 0.25) is 0 Å². The van der Waals surface area contributed by atoms with Gasteiger partial charge in [0.05, 0.1) is 25.4 Å². The predicted molar refractivity (Wildman–Crippen MR) is 369 cm³/mol. The molecule has 1 aliphatic heterocycles. The highest BCUT2D eigenvalue weighted by Crippen LogP contribution is 2.24. The van der Waals surface area contributed by atoms with E-state index in [-0.39, 0.29) is 12.5 Å². The van der Waals surface area contributed by atoms with E-state index in [0.717, 1.165) is 44.9 Å². The highest BCUT2D eigenvalue weighted by Gasteiger charge is 2.44. The van der Waals surface area contributed by atoms with Gasteiger partial charge < -0.3 is 40.3 Å². The number of aliphatic hydroxyl groups excluding tert-OH is 5. The van der Waals surface area contributed by atoms with Crippen LogP contribution in [0.4, 0.5) is 0 Å². The Bertz CT molecular complexity index is 1450. The van der Waals surface area contributed by atoms with Gasteiger partial charge in [-0.1, -0.05) is 378 Å². The summed E-state index contributed by atoms with van der Waals surface area (Å²) in [6.45, 7) is 3.82. The van der Waals surface area contributed by atoms with Gasteiger partial charge in [0, 0.05) is 6.42 Å². The van der Waals surface area contributed by atoms with Crippen LogP contribution in [0, 0.1) is 0 Å². The minimum atomic E-state index is -1.58. The number of carbonyl (C=O) groups is 1. The Balaban J connectivity index is 2.11. The Labute approximate surface area is 533 Å². The Hall–Kier alpha value is -1.59. The molecule has 0 spiro atoms. The van der Waals surface area contributed by atoms with E-state index in [4.69, 9.17) is 9.47 Å². The first-order chi connectivity index (χ1) is 42.3. The molecule has 1 saturated heterocycles. The molecule has 0 aromatic rings. The molecule has 0 saturated carbocycles. The first-order valence-electron chi connectivity index (χ1n) is 38.2. The maximum atomic E-state index is 13.1. The number of hydrogen-bond acceptors (Lipinski definition) is 8. The molecule has 7 atom stereocenters. The van der Waals surface area contributed by atoms with Gasteiger partial charge in [0.25, 0.3) is 0 Å². The average Bonchev–Trinajstić information content (AvgIpc) is 2.33. The van der Waals surface area contributed by atoms with Crippen molar-refractivity contribution in [3.63, 3.8) is 0 Å². The van der Waals surface area contributed by atoms with Crippen LogP contribution in [0.15, 0.2) is 36.5 Å². The molecule has 6 N–H and O–H groups in total. The number of hydrogen-bond donors (Lipinski definition) is 6. The average molecular weight is 1220 g/mol. The van der Waals surface area contributed by atoms with Gasteiger partial charge in [0.2, 0.25) is 5.91 Å². The van der Waals surface area contributed by atoms with Crippen LogP contribution < -0.4 is 5.32 Å². The van der Waals surface area contributed by atoms with E-state index in [2.05, 4.69) is 43.5 Å². The summed E-state index contributed by atoms with van der Waals surface area (Å²) in [4.78, 5) is 13.1. The standard InChI is InChI=1S/C77H147NO8/c1-3-5-7-9-11-13-15-17-19-21-23-25-27-29-31-33-35-37-38-40-42-44-46-48-50-52-54-56-58-60-62-64-66-71(80)70(69-85-77-76(84)75(83)74(82)72(68-79)86-77)78-73(81)67-65-63-61-59-57-55-53-51-49-47-45-43-41-39-36-34-32-30-28-26-24-22-20-18-16-14-12-10-8-6-4-2/h48,50,56,58,64,66,70-72,74-77,79-80,82-84H,3-47,49,51-55,57,59-63,65,67-69H2,1-2H3,(H,78,81)/b50-48+,58-56+,66-64+. The van der Waals surface area contributed by atoms with Crippen molar-refractivity contribution < 1.29 is 39.8 Å². The van der Waals surface area contributed by atoms with E-state index in [1.807, 2.05) is 6.08 Å². The van der Waals surface area contributed by atoms with Gasteiger partial charge in [-0.05, 0) is 44.9 Å². The van der Waals surface area contributed by atoms with Gasteiger partial charge in [-0.25, -0.2) is 0 Å². The zero-order chi connectivity index (χ0) is 62.1. The number of carbonyl (C=O) groups excluding carboxylic acids is 1. The third kappa shape index (κ3) is 54.2. The molecule has 0 aromatic carbocycles. The number of allylic oxidation sites excluding steroid dienone is 5. The van der Waals surface area contributed by atoms with E-state index in [9.17, 15) is 30.3 Å². The van der Waals surface area contributed by atoms with Crippen molar-refractivity contribution in [3.05, 3.63) is 36.5 Å². The summed E-state index contributed by atoms with van der Waals surface area (Å²) < 4.78 is 11.3. The Morgan fingerprint density at radius 3 is 0.977 bits per heavy atom. The van der Waals surface area contributed by atoms with Gasteiger partial charge in [-0.15, -0.1) is 0 Å². The molecule has 1 fully saturated rings. The lowest BCUT2D eigenvalue weighted by molar-refractivity contribution is -0.302. The number of ether oxygens (including phenoxy) is 2. The van der Waals surface area contributed by atoms with Crippen molar-refractivity contribution in [1.82, 2.24) is 5.32 Å². The van der Waals surface area contributed by atoms with Crippen molar-refractivity contribution in [2.24, 2.45) is 0 Å². The van der Waals surface area contributed by atoms with E-state index in [0.29, 0.717) is 6.42 Å². The Morgan fingerprint density at radius 1 is 0.384 bits per heavy atom. The first kappa shape index (κ1) is 82.4. The molecule has 508 valence electrons. The van der Waals surface area contributed by atoms with Gasteiger partial charge in [-0.3, -0.25) is 4.79 Å². The summed E-state index contributed by atoms with van der Waals surface area (Å²) in [7, 11) is 0. The highest BCUT2D eigenvalue weighted by atomic mass is 16.7. The zero-order valence-electron chi connectivity index (χ0n) is 57.1. The maximum Gasteiger partial charge on any atom is 0.220 e. The molecular weight excluding hydrogens is 1070 g/mol. The minimum absolute atomic E-state index is 0.182. The van der Waals surface area contributed by atoms with Crippen molar-refractivity contribution in [1.29, 1.82) is 0 Å². The molecule has 9 nitrogen and oxygen atoms in total. The smallest absolute Gasteiger partial charge is 0.220 e. The van der Waals surface area contributed by atoms with Crippen LogP contribution in [0.3, 0.4) is 0 Å². The van der Waals surface area contributed by atoms with Crippen LogP contribution in [0.5, 0.6) is 0 Å². The molecule has 0 aliphatic carbocycles. The number of unbranched alkanes of at least 4 members (excludes halogenated alkanes) is 54. The van der Waals surface area contributed by atoms with Crippen LogP contribution in [-0.2, 0) is 14.3 Å². The number of rotatable bonds is 68. The molecule has 1 amide bonds. The second kappa shape index (κ2) is 66.3. The normalized spacial score (nSPS) is 18.2. The summed E-state index contributed by atoms with van der Waals surface area (Å²) in [6.07, 6.45) is 82.9. The van der Waals surface area contributed by atoms with Gasteiger partial charge in [0.1, 0.15) is 24.4 Å². The van der Waals surface area contributed by atoms with Crippen LogP contribution in [-0.4, -0.2) is 87.5 Å². The molecule has 0 bridgehead atoms. The van der Waals surface area contributed by atoms with E-state index >= 15 is 0 Å². The minimum Gasteiger partial charge on any atom is -0.394 e. The van der Waals surface area contributed by atoms with Crippen LogP contribution in [0.25, 0.3) is 0 Å². The molecular formula is C77H147NO8. The third-order valence-electron chi connectivity index (χ3n) is 18.4. The molecule has 1 aliphatic rings. The van der Waals surface area contributed by atoms with E-state index < -0.39 is 49.5 Å². The zero-order valence-corrected chi connectivity index (χ0v) is 57.1. The fraction of sp³-hybridized carbons (Fsp3) is 0.909.